The molecule has 0 fully saturated rings. The second-order valence-corrected chi connectivity index (χ2v) is 3.75. The van der Waals surface area contributed by atoms with Crippen LogP contribution >= 0.6 is 0 Å². The molecule has 2 aliphatic rings. The first-order valence-electron chi connectivity index (χ1n) is 4.96. The van der Waals surface area contributed by atoms with Crippen LogP contribution in [0.4, 0.5) is 5.69 Å². The van der Waals surface area contributed by atoms with Crippen molar-refractivity contribution in [2.75, 3.05) is 18.5 Å². The van der Waals surface area contributed by atoms with Crippen molar-refractivity contribution in [2.45, 2.75) is 19.3 Å². The molecular formula is C11H13NO. The third-order valence-corrected chi connectivity index (χ3v) is 2.84. The lowest BCUT2D eigenvalue weighted by Crippen LogP contribution is -2.08. The first kappa shape index (κ1) is 7.25. The zero-order chi connectivity index (χ0) is 8.67. The van der Waals surface area contributed by atoms with Crippen LogP contribution in [-0.2, 0) is 12.8 Å². The van der Waals surface area contributed by atoms with Crippen molar-refractivity contribution in [3.05, 3.63) is 23.3 Å². The fourth-order valence-corrected chi connectivity index (χ4v) is 2.14. The molecule has 1 aromatic rings. The van der Waals surface area contributed by atoms with Crippen molar-refractivity contribution >= 4 is 5.69 Å². The second kappa shape index (κ2) is 2.66. The van der Waals surface area contributed by atoms with Crippen LogP contribution in [0.3, 0.4) is 0 Å². The van der Waals surface area contributed by atoms with Crippen molar-refractivity contribution in [2.24, 2.45) is 0 Å². The van der Waals surface area contributed by atoms with Gasteiger partial charge in [-0.25, -0.2) is 0 Å². The van der Waals surface area contributed by atoms with E-state index in [1.165, 1.54) is 23.2 Å². The maximum Gasteiger partial charge on any atom is 0.122 e. The first-order chi connectivity index (χ1) is 6.43. The Morgan fingerprint density at radius 1 is 1.15 bits per heavy atom. The molecule has 3 rings (SSSR count). The van der Waals surface area contributed by atoms with Crippen molar-refractivity contribution in [1.82, 2.24) is 0 Å². The van der Waals surface area contributed by atoms with Gasteiger partial charge in [-0.3, -0.25) is 0 Å². The Bertz CT molecular complexity index is 313. The average Bonchev–Trinajstić information content (AvgIpc) is 2.61. The lowest BCUT2D eigenvalue weighted by atomic mass is 10.0. The molecule has 0 atom stereocenters. The van der Waals surface area contributed by atoms with Gasteiger partial charge in [-0.2, -0.15) is 0 Å². The number of hydrogen-bond donors (Lipinski definition) is 1. The van der Waals surface area contributed by atoms with Gasteiger partial charge in [-0.15, -0.1) is 0 Å². The van der Waals surface area contributed by atoms with Crippen LogP contribution in [0.5, 0.6) is 5.75 Å². The van der Waals surface area contributed by atoms with Gasteiger partial charge in [0, 0.05) is 12.2 Å². The van der Waals surface area contributed by atoms with Gasteiger partial charge in [-0.1, -0.05) is 0 Å². The summed E-state index contributed by atoms with van der Waals surface area (Å²) < 4.78 is 5.62. The molecule has 0 spiro atoms. The molecule has 0 amide bonds. The van der Waals surface area contributed by atoms with E-state index in [1.807, 2.05) is 0 Å². The molecule has 2 heterocycles. The van der Waals surface area contributed by atoms with E-state index in [2.05, 4.69) is 17.4 Å². The minimum Gasteiger partial charge on any atom is -0.493 e. The van der Waals surface area contributed by atoms with Gasteiger partial charge in [0.05, 0.1) is 6.61 Å². The standard InChI is InChI=1S/C11H13NO/c1-2-9-6-10-8(3-4-12-10)7-11(9)13-5-1/h6-7,12H,1-5H2. The van der Waals surface area contributed by atoms with Gasteiger partial charge in [0.2, 0.25) is 0 Å². The number of anilines is 1. The van der Waals surface area contributed by atoms with Gasteiger partial charge < -0.3 is 10.1 Å². The highest BCUT2D eigenvalue weighted by Gasteiger charge is 2.16. The minimum absolute atomic E-state index is 0.888. The predicted molar refractivity (Wildman–Crippen MR) is 52.5 cm³/mol. The van der Waals surface area contributed by atoms with E-state index in [-0.39, 0.29) is 0 Å². The summed E-state index contributed by atoms with van der Waals surface area (Å²) in [7, 11) is 0. The van der Waals surface area contributed by atoms with Crippen LogP contribution in [0.2, 0.25) is 0 Å². The maximum absolute atomic E-state index is 5.62. The van der Waals surface area contributed by atoms with E-state index in [4.69, 9.17) is 4.74 Å². The number of ether oxygens (including phenoxy) is 1. The highest BCUT2D eigenvalue weighted by atomic mass is 16.5. The number of benzene rings is 1. The Morgan fingerprint density at radius 2 is 2.15 bits per heavy atom. The van der Waals surface area contributed by atoms with Crippen LogP contribution in [0, 0.1) is 0 Å². The zero-order valence-electron chi connectivity index (χ0n) is 7.60. The Morgan fingerprint density at radius 3 is 3.15 bits per heavy atom. The summed E-state index contributed by atoms with van der Waals surface area (Å²) in [5.41, 5.74) is 4.12. The summed E-state index contributed by atoms with van der Waals surface area (Å²) in [5.74, 6) is 1.12. The Balaban J connectivity index is 2.11. The molecule has 1 N–H and O–H groups in total. The van der Waals surface area contributed by atoms with Crippen LogP contribution < -0.4 is 10.1 Å². The third-order valence-electron chi connectivity index (χ3n) is 2.84. The van der Waals surface area contributed by atoms with E-state index in [9.17, 15) is 0 Å². The highest BCUT2D eigenvalue weighted by Crippen LogP contribution is 2.33. The van der Waals surface area contributed by atoms with E-state index in [1.54, 1.807) is 0 Å². The van der Waals surface area contributed by atoms with Crippen LogP contribution in [-0.4, -0.2) is 13.2 Å². The summed E-state index contributed by atoms with van der Waals surface area (Å²) in [6, 6.07) is 4.47. The molecule has 0 unspecified atom stereocenters. The van der Waals surface area contributed by atoms with Gasteiger partial charge in [0.15, 0.2) is 0 Å². The first-order valence-corrected chi connectivity index (χ1v) is 4.96. The molecule has 0 aromatic heterocycles. The Labute approximate surface area is 77.9 Å². The summed E-state index contributed by atoms with van der Waals surface area (Å²) in [5, 5.41) is 3.39. The molecule has 0 bridgehead atoms. The van der Waals surface area contributed by atoms with Crippen molar-refractivity contribution in [3.63, 3.8) is 0 Å². The number of aryl methyl sites for hydroxylation is 1. The van der Waals surface area contributed by atoms with Crippen LogP contribution in [0.1, 0.15) is 17.5 Å². The van der Waals surface area contributed by atoms with Gasteiger partial charge in [-0.05, 0) is 42.5 Å². The van der Waals surface area contributed by atoms with Gasteiger partial charge in [0.1, 0.15) is 5.75 Å². The minimum atomic E-state index is 0.888. The third kappa shape index (κ3) is 1.09. The van der Waals surface area contributed by atoms with E-state index in [0.717, 1.165) is 31.7 Å². The Kier molecular flexibility index (Phi) is 1.48. The largest absolute Gasteiger partial charge is 0.493 e. The van der Waals surface area contributed by atoms with Crippen molar-refractivity contribution < 1.29 is 4.74 Å². The molecule has 0 saturated carbocycles. The molecule has 0 radical (unpaired) electrons. The van der Waals surface area contributed by atoms with E-state index in [0.29, 0.717) is 0 Å². The second-order valence-electron chi connectivity index (χ2n) is 3.75. The summed E-state index contributed by atoms with van der Waals surface area (Å²) in [6.07, 6.45) is 3.47. The summed E-state index contributed by atoms with van der Waals surface area (Å²) in [6.45, 7) is 1.97. The normalized spacial score (nSPS) is 18.5. The quantitative estimate of drug-likeness (QED) is 0.651. The zero-order valence-corrected chi connectivity index (χ0v) is 7.60. The van der Waals surface area contributed by atoms with Crippen LogP contribution in [0.25, 0.3) is 0 Å². The number of nitrogens with one attached hydrogen (secondary N) is 1. The highest BCUT2D eigenvalue weighted by molar-refractivity contribution is 5.61. The lowest BCUT2D eigenvalue weighted by Gasteiger charge is -2.18. The van der Waals surface area contributed by atoms with E-state index < -0.39 is 0 Å². The summed E-state index contributed by atoms with van der Waals surface area (Å²) >= 11 is 0. The molecule has 68 valence electrons. The molecule has 1 aromatic carbocycles. The smallest absolute Gasteiger partial charge is 0.122 e. The maximum atomic E-state index is 5.62. The fraction of sp³-hybridized carbons (Fsp3) is 0.455. The van der Waals surface area contributed by atoms with E-state index >= 15 is 0 Å². The molecule has 13 heavy (non-hydrogen) atoms. The number of fused-ring (bicyclic) bond motifs is 2. The molecule has 2 nitrogen and oxygen atoms in total. The molecule has 2 aliphatic heterocycles. The fourth-order valence-electron chi connectivity index (χ4n) is 2.14. The SMILES string of the molecule is c1c2c(cc3c1NCC3)OCCC2. The lowest BCUT2D eigenvalue weighted by molar-refractivity contribution is 0.288. The van der Waals surface area contributed by atoms with Crippen LogP contribution in [0.15, 0.2) is 12.1 Å². The molecule has 0 saturated heterocycles. The van der Waals surface area contributed by atoms with Gasteiger partial charge >= 0.3 is 0 Å². The topological polar surface area (TPSA) is 21.3 Å². The van der Waals surface area contributed by atoms with Gasteiger partial charge in [0.25, 0.3) is 0 Å². The average molecular weight is 175 g/mol. The molecule has 2 heteroatoms. The predicted octanol–water partition coefficient (Wildman–Crippen LogP) is 1.98. The Hall–Kier alpha value is -1.18. The summed E-state index contributed by atoms with van der Waals surface area (Å²) in [4.78, 5) is 0. The number of rotatable bonds is 0. The number of hydrogen-bond acceptors (Lipinski definition) is 2. The van der Waals surface area contributed by atoms with Crippen molar-refractivity contribution in [1.29, 1.82) is 0 Å². The molecular weight excluding hydrogens is 162 g/mol. The monoisotopic (exact) mass is 175 g/mol. The molecule has 0 aliphatic carbocycles. The van der Waals surface area contributed by atoms with Crippen molar-refractivity contribution in [3.8, 4) is 5.75 Å².